The summed E-state index contributed by atoms with van der Waals surface area (Å²) < 4.78 is 0. The summed E-state index contributed by atoms with van der Waals surface area (Å²) in [4.78, 5) is 19.0. The van der Waals surface area contributed by atoms with Gasteiger partial charge in [0.15, 0.2) is 0 Å². The van der Waals surface area contributed by atoms with Crippen LogP contribution in [0.5, 0.6) is 0 Å². The fourth-order valence-electron chi connectivity index (χ4n) is 7.60. The van der Waals surface area contributed by atoms with Crippen molar-refractivity contribution in [1.82, 2.24) is 0 Å². The molecule has 0 rings (SSSR count). The van der Waals surface area contributed by atoms with Gasteiger partial charge in [-0.25, -0.2) is 0 Å². The van der Waals surface area contributed by atoms with E-state index in [0.29, 0.717) is 0 Å². The summed E-state index contributed by atoms with van der Waals surface area (Å²) in [6.07, 6.45) is 57.3. The molecule has 0 aromatic rings. The van der Waals surface area contributed by atoms with E-state index in [0.717, 1.165) is 0 Å². The SMILES string of the molecule is CCCCCCCCCCCC[NH2+]CCCCCCCCCCCC.CCCCCCCCCCCC[NH2+]CCCCCCCCCCCC.O=C([O-])CCC(=O)[O-]. The quantitative estimate of drug-likeness (QED) is 0.0595. The molecular formula is C52H108N2O4. The molecule has 4 N–H and O–H groups in total. The first-order valence-corrected chi connectivity index (χ1v) is 26.5. The van der Waals surface area contributed by atoms with Crippen LogP contribution in [-0.4, -0.2) is 38.1 Å². The zero-order valence-corrected chi connectivity index (χ0v) is 40.3. The van der Waals surface area contributed by atoms with Gasteiger partial charge in [-0.2, -0.15) is 0 Å². The largest absolute Gasteiger partial charge is 0.550 e. The number of carboxylic acid groups (broad SMARTS) is 2. The molecule has 0 spiro atoms. The number of carbonyl (C=O) groups excluding carboxylic acids is 2. The van der Waals surface area contributed by atoms with Gasteiger partial charge in [0.2, 0.25) is 0 Å². The Hall–Kier alpha value is -1.14. The molecule has 0 atom stereocenters. The van der Waals surface area contributed by atoms with Crippen molar-refractivity contribution in [2.45, 2.75) is 297 Å². The summed E-state index contributed by atoms with van der Waals surface area (Å²) in [5, 5.41) is 24.1. The van der Waals surface area contributed by atoms with Crippen LogP contribution in [-0.2, 0) is 9.59 Å². The third-order valence-electron chi connectivity index (χ3n) is 11.6. The monoisotopic (exact) mass is 825 g/mol. The molecule has 0 aliphatic carbocycles. The molecule has 0 unspecified atom stereocenters. The van der Waals surface area contributed by atoms with Crippen LogP contribution < -0.4 is 20.8 Å². The predicted octanol–water partition coefficient (Wildman–Crippen LogP) is 12.0. The molecule has 0 aromatic carbocycles. The third kappa shape index (κ3) is 69.5. The molecular weight excluding hydrogens is 717 g/mol. The molecule has 0 bridgehead atoms. The summed E-state index contributed by atoms with van der Waals surface area (Å²) >= 11 is 0. The Kier molecular flexibility index (Phi) is 63.4. The van der Waals surface area contributed by atoms with Gasteiger partial charge in [0.25, 0.3) is 0 Å². The lowest BCUT2D eigenvalue weighted by atomic mass is 10.1. The van der Waals surface area contributed by atoms with Gasteiger partial charge in [-0.05, 0) is 64.2 Å². The zero-order chi connectivity index (χ0) is 43.1. The molecule has 0 radical (unpaired) electrons. The molecule has 6 nitrogen and oxygen atoms in total. The van der Waals surface area contributed by atoms with E-state index in [1.165, 1.54) is 283 Å². The number of hydrogen-bond donors (Lipinski definition) is 2. The first kappa shape index (κ1) is 61.2. The molecule has 0 aromatic heterocycles. The summed E-state index contributed by atoms with van der Waals surface area (Å²) in [6, 6.07) is 0. The normalized spacial score (nSPS) is 10.9. The van der Waals surface area contributed by atoms with Crippen molar-refractivity contribution in [3.05, 3.63) is 0 Å². The molecule has 350 valence electrons. The fraction of sp³-hybridized carbons (Fsp3) is 0.962. The van der Waals surface area contributed by atoms with Crippen molar-refractivity contribution in [1.29, 1.82) is 0 Å². The Balaban J connectivity index is -0.000000877. The second kappa shape index (κ2) is 60.2. The predicted molar refractivity (Wildman–Crippen MR) is 250 cm³/mol. The highest BCUT2D eigenvalue weighted by Crippen LogP contribution is 2.13. The van der Waals surface area contributed by atoms with Crippen molar-refractivity contribution in [3.8, 4) is 0 Å². The standard InChI is InChI=1S/2C24H51N.C4H6O4/c2*1-3-5-7-9-11-13-15-17-19-21-23-25-24-22-20-18-16-14-12-10-8-6-4-2;5-3(6)1-2-4(7)8/h2*25H,3-24H2,1-2H3;1-2H2,(H,5,6)(H,7,8). The van der Waals surface area contributed by atoms with Gasteiger partial charge in [-0.3, -0.25) is 0 Å². The van der Waals surface area contributed by atoms with E-state index in [2.05, 4.69) is 38.3 Å². The summed E-state index contributed by atoms with van der Waals surface area (Å²) in [5.74, 6) is -2.73. The van der Waals surface area contributed by atoms with Crippen molar-refractivity contribution < 1.29 is 30.4 Å². The highest BCUT2D eigenvalue weighted by atomic mass is 16.4. The Labute approximate surface area is 364 Å². The van der Waals surface area contributed by atoms with Gasteiger partial charge >= 0.3 is 0 Å². The molecule has 0 heterocycles. The highest BCUT2D eigenvalue weighted by molar-refractivity contribution is 5.72. The third-order valence-corrected chi connectivity index (χ3v) is 11.6. The Bertz CT molecular complexity index is 630. The molecule has 58 heavy (non-hydrogen) atoms. The Morgan fingerprint density at radius 2 is 0.397 bits per heavy atom. The van der Waals surface area contributed by atoms with E-state index in [-0.39, 0.29) is 0 Å². The summed E-state index contributed by atoms with van der Waals surface area (Å²) in [7, 11) is 0. The van der Waals surface area contributed by atoms with Crippen LogP contribution in [0.3, 0.4) is 0 Å². The molecule has 0 amide bonds. The van der Waals surface area contributed by atoms with Crippen LogP contribution in [0.25, 0.3) is 0 Å². The fourth-order valence-corrected chi connectivity index (χ4v) is 7.60. The average Bonchev–Trinajstić information content (AvgIpc) is 3.21. The van der Waals surface area contributed by atoms with E-state index in [4.69, 9.17) is 0 Å². The lowest BCUT2D eigenvalue weighted by Crippen LogP contribution is -2.84. The average molecular weight is 825 g/mol. The summed E-state index contributed by atoms with van der Waals surface area (Å²) in [5.41, 5.74) is 0. The number of unbranched alkanes of at least 4 members (excludes halogenated alkanes) is 36. The first-order valence-electron chi connectivity index (χ1n) is 26.5. The van der Waals surface area contributed by atoms with Gasteiger partial charge < -0.3 is 30.4 Å². The minimum Gasteiger partial charge on any atom is -0.550 e. The second-order valence-corrected chi connectivity index (χ2v) is 17.7. The lowest BCUT2D eigenvalue weighted by molar-refractivity contribution is -0.655. The summed E-state index contributed by atoms with van der Waals surface area (Å²) in [6.45, 7) is 14.7. The molecule has 0 saturated carbocycles. The van der Waals surface area contributed by atoms with E-state index < -0.39 is 24.8 Å². The maximum atomic E-state index is 9.50. The molecule has 0 aliphatic rings. The molecule has 0 fully saturated rings. The number of quaternary nitrogens is 2. The van der Waals surface area contributed by atoms with E-state index in [1.54, 1.807) is 0 Å². The number of aliphatic carboxylic acids is 2. The highest BCUT2D eigenvalue weighted by Gasteiger charge is 1.98. The minimum absolute atomic E-state index is 0.470. The minimum atomic E-state index is -1.37. The van der Waals surface area contributed by atoms with Gasteiger partial charge in [-0.1, -0.05) is 233 Å². The van der Waals surface area contributed by atoms with Crippen molar-refractivity contribution in [2.24, 2.45) is 0 Å². The maximum absolute atomic E-state index is 9.50. The number of hydrogen-bond acceptors (Lipinski definition) is 4. The second-order valence-electron chi connectivity index (χ2n) is 17.7. The van der Waals surface area contributed by atoms with E-state index in [1.807, 2.05) is 0 Å². The smallest absolute Gasteiger partial charge is 0.0755 e. The van der Waals surface area contributed by atoms with Crippen LogP contribution >= 0.6 is 0 Å². The van der Waals surface area contributed by atoms with E-state index >= 15 is 0 Å². The van der Waals surface area contributed by atoms with Crippen LogP contribution in [0.4, 0.5) is 0 Å². The van der Waals surface area contributed by atoms with Gasteiger partial charge in [-0.15, -0.1) is 0 Å². The van der Waals surface area contributed by atoms with Gasteiger partial charge in [0, 0.05) is 11.9 Å². The molecule has 0 saturated heterocycles. The maximum Gasteiger partial charge on any atom is 0.0755 e. The number of carbonyl (C=O) groups is 2. The number of carboxylic acids is 2. The molecule has 0 aliphatic heterocycles. The van der Waals surface area contributed by atoms with Crippen LogP contribution in [0, 0.1) is 0 Å². The Morgan fingerprint density at radius 3 is 0.534 bits per heavy atom. The number of nitrogens with two attached hydrogens (primary N) is 2. The van der Waals surface area contributed by atoms with Crippen molar-refractivity contribution >= 4 is 11.9 Å². The Morgan fingerprint density at radius 1 is 0.259 bits per heavy atom. The van der Waals surface area contributed by atoms with Crippen molar-refractivity contribution in [3.63, 3.8) is 0 Å². The topological polar surface area (TPSA) is 113 Å². The van der Waals surface area contributed by atoms with Crippen LogP contribution in [0.2, 0.25) is 0 Å². The van der Waals surface area contributed by atoms with Crippen LogP contribution in [0.15, 0.2) is 0 Å². The van der Waals surface area contributed by atoms with Gasteiger partial charge in [0.1, 0.15) is 0 Å². The lowest BCUT2D eigenvalue weighted by Gasteiger charge is -2.04. The first-order chi connectivity index (χ1) is 28.5. The zero-order valence-electron chi connectivity index (χ0n) is 40.3. The van der Waals surface area contributed by atoms with Crippen LogP contribution in [0.1, 0.15) is 297 Å². The molecule has 6 heteroatoms. The van der Waals surface area contributed by atoms with Gasteiger partial charge in [0.05, 0.1) is 26.2 Å². The van der Waals surface area contributed by atoms with Crippen molar-refractivity contribution in [2.75, 3.05) is 26.2 Å². The van der Waals surface area contributed by atoms with E-state index in [9.17, 15) is 19.8 Å². The number of rotatable bonds is 47.